The van der Waals surface area contributed by atoms with Gasteiger partial charge in [-0.2, -0.15) is 10.2 Å². The first-order valence-electron chi connectivity index (χ1n) is 5.17. The van der Waals surface area contributed by atoms with E-state index in [4.69, 9.17) is 0 Å². The molecule has 2 rings (SSSR count). The third-order valence-electron chi connectivity index (χ3n) is 2.50. The molecule has 0 aliphatic heterocycles. The number of aromatic nitrogens is 3. The van der Waals surface area contributed by atoms with Crippen LogP contribution in [0.15, 0.2) is 36.8 Å². The summed E-state index contributed by atoms with van der Waals surface area (Å²) >= 11 is 0. The summed E-state index contributed by atoms with van der Waals surface area (Å²) in [5, 5.41) is 10.9. The molecule has 0 aliphatic rings. The Balaban J connectivity index is 2.33. The molecule has 0 aromatic carbocycles. The lowest BCUT2D eigenvalue weighted by molar-refractivity contribution is 0.681. The number of pyridine rings is 1. The first-order valence-corrected chi connectivity index (χ1v) is 5.17. The summed E-state index contributed by atoms with van der Waals surface area (Å²) in [7, 11) is 1.92. The van der Waals surface area contributed by atoms with Crippen molar-refractivity contribution in [2.75, 3.05) is 7.05 Å². The highest BCUT2D eigenvalue weighted by Gasteiger charge is 2.11. The molecular weight excluding hydrogens is 200 g/mol. The molecule has 2 aromatic heterocycles. The van der Waals surface area contributed by atoms with Crippen LogP contribution in [0.4, 0.5) is 0 Å². The van der Waals surface area contributed by atoms with Crippen LogP contribution in [0.3, 0.4) is 0 Å². The molecule has 1 N–H and O–H groups in total. The van der Waals surface area contributed by atoms with Crippen molar-refractivity contribution in [1.29, 1.82) is 0 Å². The third-order valence-corrected chi connectivity index (χ3v) is 2.50. The van der Waals surface area contributed by atoms with Crippen LogP contribution in [0.1, 0.15) is 22.9 Å². The Bertz CT molecular complexity index is 438. The lowest BCUT2D eigenvalue weighted by Gasteiger charge is -2.15. The van der Waals surface area contributed by atoms with E-state index in [0.29, 0.717) is 0 Å². The number of hydrogen-bond acceptors (Lipinski definition) is 4. The molecule has 0 spiro atoms. The highest BCUT2D eigenvalue weighted by atomic mass is 15.1. The second-order valence-electron chi connectivity index (χ2n) is 3.63. The normalized spacial score (nSPS) is 12.4. The van der Waals surface area contributed by atoms with Crippen LogP contribution in [0, 0.1) is 6.92 Å². The van der Waals surface area contributed by atoms with E-state index >= 15 is 0 Å². The van der Waals surface area contributed by atoms with Crippen LogP contribution >= 0.6 is 0 Å². The van der Waals surface area contributed by atoms with Crippen molar-refractivity contribution in [2.45, 2.75) is 13.0 Å². The van der Waals surface area contributed by atoms with Crippen LogP contribution in [0.2, 0.25) is 0 Å². The zero-order valence-electron chi connectivity index (χ0n) is 9.38. The molecule has 0 bridgehead atoms. The molecule has 2 aromatic rings. The molecule has 1 unspecified atom stereocenters. The van der Waals surface area contributed by atoms with Gasteiger partial charge in [0.2, 0.25) is 0 Å². The second kappa shape index (κ2) is 4.81. The van der Waals surface area contributed by atoms with Gasteiger partial charge in [-0.1, -0.05) is 6.07 Å². The fourth-order valence-corrected chi connectivity index (χ4v) is 1.65. The van der Waals surface area contributed by atoms with Crippen LogP contribution in [0.5, 0.6) is 0 Å². The van der Waals surface area contributed by atoms with Crippen molar-refractivity contribution >= 4 is 0 Å². The topological polar surface area (TPSA) is 50.7 Å². The van der Waals surface area contributed by atoms with Crippen molar-refractivity contribution < 1.29 is 0 Å². The molecule has 0 saturated carbocycles. The van der Waals surface area contributed by atoms with Crippen molar-refractivity contribution in [3.05, 3.63) is 53.6 Å². The van der Waals surface area contributed by atoms with Crippen molar-refractivity contribution in [3.63, 3.8) is 0 Å². The Morgan fingerprint density at radius 1 is 1.06 bits per heavy atom. The van der Waals surface area contributed by atoms with E-state index in [2.05, 4.69) is 26.6 Å². The standard InChI is InChI=1S/C12H14N4/c1-9-3-4-10(7-14-9)12(13-2)11-5-6-15-16-8-11/h3-8,12-13H,1-2H3. The van der Waals surface area contributed by atoms with Crippen molar-refractivity contribution in [3.8, 4) is 0 Å². The first kappa shape index (κ1) is 10.7. The van der Waals surface area contributed by atoms with Gasteiger partial charge in [-0.15, -0.1) is 0 Å². The predicted molar refractivity (Wildman–Crippen MR) is 61.9 cm³/mol. The van der Waals surface area contributed by atoms with Crippen molar-refractivity contribution in [1.82, 2.24) is 20.5 Å². The molecular formula is C12H14N4. The van der Waals surface area contributed by atoms with E-state index in [-0.39, 0.29) is 6.04 Å². The lowest BCUT2D eigenvalue weighted by Crippen LogP contribution is -2.18. The number of aryl methyl sites for hydroxylation is 1. The molecule has 0 amide bonds. The number of nitrogens with one attached hydrogen (secondary N) is 1. The van der Waals surface area contributed by atoms with E-state index < -0.39 is 0 Å². The molecule has 0 saturated heterocycles. The van der Waals surface area contributed by atoms with Crippen molar-refractivity contribution in [2.24, 2.45) is 0 Å². The Morgan fingerprint density at radius 2 is 1.88 bits per heavy atom. The Kier molecular flexibility index (Phi) is 3.22. The Labute approximate surface area is 94.8 Å². The van der Waals surface area contributed by atoms with Gasteiger partial charge in [-0.3, -0.25) is 4.98 Å². The summed E-state index contributed by atoms with van der Waals surface area (Å²) in [6.07, 6.45) is 5.35. The summed E-state index contributed by atoms with van der Waals surface area (Å²) in [5.74, 6) is 0. The number of hydrogen-bond donors (Lipinski definition) is 1. The zero-order chi connectivity index (χ0) is 11.4. The van der Waals surface area contributed by atoms with Gasteiger partial charge in [0.1, 0.15) is 0 Å². The predicted octanol–water partition coefficient (Wildman–Crippen LogP) is 1.49. The quantitative estimate of drug-likeness (QED) is 0.841. The van der Waals surface area contributed by atoms with E-state index in [9.17, 15) is 0 Å². The zero-order valence-corrected chi connectivity index (χ0v) is 9.38. The molecule has 0 radical (unpaired) electrons. The second-order valence-corrected chi connectivity index (χ2v) is 3.63. The van der Waals surface area contributed by atoms with Gasteiger partial charge in [0.15, 0.2) is 0 Å². The highest BCUT2D eigenvalue weighted by Crippen LogP contribution is 2.19. The SMILES string of the molecule is CNC(c1ccnnc1)c1ccc(C)nc1. The fraction of sp³-hybridized carbons (Fsp3) is 0.250. The monoisotopic (exact) mass is 214 g/mol. The smallest absolute Gasteiger partial charge is 0.0606 e. The minimum absolute atomic E-state index is 0.114. The summed E-state index contributed by atoms with van der Waals surface area (Å²) in [5.41, 5.74) is 3.23. The number of nitrogens with zero attached hydrogens (tertiary/aromatic N) is 3. The summed E-state index contributed by atoms with van der Waals surface area (Å²) in [6, 6.07) is 6.15. The lowest BCUT2D eigenvalue weighted by atomic mass is 10.0. The molecule has 4 heteroatoms. The Hall–Kier alpha value is -1.81. The average molecular weight is 214 g/mol. The molecule has 2 heterocycles. The fourth-order valence-electron chi connectivity index (χ4n) is 1.65. The molecule has 1 atom stereocenters. The summed E-state index contributed by atoms with van der Waals surface area (Å²) in [4.78, 5) is 4.30. The van der Waals surface area contributed by atoms with Gasteiger partial charge in [-0.25, -0.2) is 0 Å². The van der Waals surface area contributed by atoms with E-state index in [1.807, 2.05) is 32.3 Å². The third kappa shape index (κ3) is 2.23. The average Bonchev–Trinajstić information content (AvgIpc) is 2.34. The minimum Gasteiger partial charge on any atom is -0.309 e. The summed E-state index contributed by atoms with van der Waals surface area (Å²) < 4.78 is 0. The first-order chi connectivity index (χ1) is 7.81. The molecule has 82 valence electrons. The minimum atomic E-state index is 0.114. The summed E-state index contributed by atoms with van der Waals surface area (Å²) in [6.45, 7) is 1.98. The van der Waals surface area contributed by atoms with Gasteiger partial charge in [0.25, 0.3) is 0 Å². The maximum absolute atomic E-state index is 4.30. The number of rotatable bonds is 3. The van der Waals surface area contributed by atoms with Gasteiger partial charge >= 0.3 is 0 Å². The Morgan fingerprint density at radius 3 is 2.44 bits per heavy atom. The van der Waals surface area contributed by atoms with Gasteiger partial charge < -0.3 is 5.32 Å². The van der Waals surface area contributed by atoms with Crippen LogP contribution in [0.25, 0.3) is 0 Å². The highest BCUT2D eigenvalue weighted by molar-refractivity contribution is 5.27. The van der Waals surface area contributed by atoms with E-state index in [0.717, 1.165) is 16.8 Å². The maximum Gasteiger partial charge on any atom is 0.0606 e. The van der Waals surface area contributed by atoms with Gasteiger partial charge in [0, 0.05) is 18.1 Å². The molecule has 16 heavy (non-hydrogen) atoms. The van der Waals surface area contributed by atoms with Gasteiger partial charge in [-0.05, 0) is 37.2 Å². The maximum atomic E-state index is 4.30. The largest absolute Gasteiger partial charge is 0.309 e. The van der Waals surface area contributed by atoms with Gasteiger partial charge in [0.05, 0.1) is 12.2 Å². The van der Waals surface area contributed by atoms with E-state index in [1.165, 1.54) is 0 Å². The molecule has 0 aliphatic carbocycles. The van der Waals surface area contributed by atoms with Crippen LogP contribution in [-0.2, 0) is 0 Å². The molecule has 0 fully saturated rings. The van der Waals surface area contributed by atoms with Crippen LogP contribution in [-0.4, -0.2) is 22.2 Å². The molecule has 4 nitrogen and oxygen atoms in total. The van der Waals surface area contributed by atoms with Crippen LogP contribution < -0.4 is 5.32 Å². The van der Waals surface area contributed by atoms with E-state index in [1.54, 1.807) is 12.4 Å².